The summed E-state index contributed by atoms with van der Waals surface area (Å²) in [5, 5.41) is 6.54. The van der Waals surface area contributed by atoms with Crippen LogP contribution in [0.3, 0.4) is 0 Å². The summed E-state index contributed by atoms with van der Waals surface area (Å²) >= 11 is 0. The molecule has 5 nitrogen and oxygen atoms in total. The summed E-state index contributed by atoms with van der Waals surface area (Å²) in [4.78, 5) is 14.2. The van der Waals surface area contributed by atoms with Crippen LogP contribution in [-0.2, 0) is 4.74 Å². The van der Waals surface area contributed by atoms with E-state index in [9.17, 15) is 4.79 Å². The summed E-state index contributed by atoms with van der Waals surface area (Å²) in [6, 6.07) is 0. The topological polar surface area (TPSA) is 53.6 Å². The van der Waals surface area contributed by atoms with Crippen molar-refractivity contribution in [3.8, 4) is 0 Å². The summed E-state index contributed by atoms with van der Waals surface area (Å²) < 4.78 is 5.31. The molecule has 1 aliphatic carbocycles. The number of carbonyl (C=O) groups excluding carboxylic acids is 1. The van der Waals surface area contributed by atoms with Crippen LogP contribution in [0.2, 0.25) is 0 Å². The normalized spacial score (nSPS) is 18.7. The second-order valence-electron chi connectivity index (χ2n) is 8.49. The molecule has 1 fully saturated rings. The highest BCUT2D eigenvalue weighted by Crippen LogP contribution is 2.35. The second-order valence-corrected chi connectivity index (χ2v) is 8.49. The van der Waals surface area contributed by atoms with Crippen molar-refractivity contribution in [3.63, 3.8) is 0 Å². The summed E-state index contributed by atoms with van der Waals surface area (Å²) in [7, 11) is 4.34. The van der Waals surface area contributed by atoms with E-state index >= 15 is 0 Å². The van der Waals surface area contributed by atoms with Crippen molar-refractivity contribution in [2.75, 3.05) is 33.7 Å². The Hall–Kier alpha value is -0.810. The Morgan fingerprint density at radius 1 is 1.22 bits per heavy atom. The monoisotopic (exact) mass is 327 g/mol. The fourth-order valence-electron chi connectivity index (χ4n) is 2.93. The van der Waals surface area contributed by atoms with Gasteiger partial charge in [0.05, 0.1) is 0 Å². The van der Waals surface area contributed by atoms with Crippen LogP contribution in [0.1, 0.15) is 53.9 Å². The Morgan fingerprint density at radius 3 is 2.22 bits per heavy atom. The molecule has 5 heteroatoms. The van der Waals surface area contributed by atoms with Gasteiger partial charge in [-0.1, -0.05) is 13.8 Å². The highest BCUT2D eigenvalue weighted by atomic mass is 16.6. The van der Waals surface area contributed by atoms with E-state index < -0.39 is 5.60 Å². The number of rotatable bonds is 8. The number of likely N-dealkylation sites (N-methyl/N-ethyl adjacent to an activating group) is 1. The SMILES string of the molecule is CC(C)C(CNCC1(N(C)C)CCC1)CNC(=O)OC(C)(C)C. The third-order valence-corrected chi connectivity index (χ3v) is 4.94. The van der Waals surface area contributed by atoms with Crippen LogP contribution in [0.15, 0.2) is 0 Å². The quantitative estimate of drug-likeness (QED) is 0.720. The number of nitrogens with zero attached hydrogens (tertiary/aromatic N) is 1. The fraction of sp³-hybridized carbons (Fsp3) is 0.944. The molecule has 2 N–H and O–H groups in total. The van der Waals surface area contributed by atoms with Crippen LogP contribution in [-0.4, -0.2) is 55.9 Å². The zero-order chi connectivity index (χ0) is 17.7. The predicted molar refractivity (Wildman–Crippen MR) is 95.7 cm³/mol. The first-order chi connectivity index (χ1) is 10.6. The average molecular weight is 328 g/mol. The molecule has 0 aromatic carbocycles. The molecular weight excluding hydrogens is 290 g/mol. The Kier molecular flexibility index (Phi) is 7.33. The zero-order valence-corrected chi connectivity index (χ0v) is 16.2. The molecule has 1 saturated carbocycles. The number of alkyl carbamates (subject to hydrolysis) is 1. The molecule has 1 amide bonds. The lowest BCUT2D eigenvalue weighted by Crippen LogP contribution is -2.57. The molecule has 0 saturated heterocycles. The highest BCUT2D eigenvalue weighted by molar-refractivity contribution is 5.67. The lowest BCUT2D eigenvalue weighted by molar-refractivity contribution is 0.0503. The van der Waals surface area contributed by atoms with Crippen molar-refractivity contribution in [2.24, 2.45) is 11.8 Å². The molecule has 0 bridgehead atoms. The van der Waals surface area contributed by atoms with Gasteiger partial charge in [0.1, 0.15) is 5.60 Å². The Labute approximate surface area is 142 Å². The van der Waals surface area contributed by atoms with Crippen molar-refractivity contribution >= 4 is 6.09 Å². The summed E-state index contributed by atoms with van der Waals surface area (Å²) in [6.07, 6.45) is 3.55. The van der Waals surface area contributed by atoms with Crippen LogP contribution in [0, 0.1) is 11.8 Å². The van der Waals surface area contributed by atoms with E-state index in [4.69, 9.17) is 4.74 Å². The first kappa shape index (κ1) is 20.2. The van der Waals surface area contributed by atoms with Gasteiger partial charge in [-0.05, 0) is 72.5 Å². The molecule has 1 unspecified atom stereocenters. The minimum absolute atomic E-state index is 0.327. The predicted octanol–water partition coefficient (Wildman–Crippen LogP) is 2.86. The molecule has 1 atom stereocenters. The first-order valence-corrected chi connectivity index (χ1v) is 8.91. The number of ether oxygens (including phenoxy) is 1. The van der Waals surface area contributed by atoms with E-state index in [-0.39, 0.29) is 6.09 Å². The average Bonchev–Trinajstić information content (AvgIpc) is 2.32. The van der Waals surface area contributed by atoms with Gasteiger partial charge in [0, 0.05) is 18.6 Å². The molecule has 1 aliphatic rings. The molecule has 0 aromatic heterocycles. The number of hydrogen-bond acceptors (Lipinski definition) is 4. The Morgan fingerprint density at radius 2 is 1.83 bits per heavy atom. The maximum atomic E-state index is 11.8. The number of carbonyl (C=O) groups is 1. The summed E-state index contributed by atoms with van der Waals surface area (Å²) in [5.74, 6) is 0.913. The fourth-order valence-corrected chi connectivity index (χ4v) is 2.93. The van der Waals surface area contributed by atoms with E-state index in [1.807, 2.05) is 20.8 Å². The lowest BCUT2D eigenvalue weighted by Gasteiger charge is -2.47. The lowest BCUT2D eigenvalue weighted by atomic mass is 9.75. The molecule has 0 heterocycles. The standard InChI is InChI=1S/C18H37N3O2/c1-14(2)15(12-20-16(22)23-17(3,4)5)11-19-13-18(21(6)7)9-8-10-18/h14-15,19H,8-13H2,1-7H3,(H,20,22). The second kappa shape index (κ2) is 8.34. The molecule has 136 valence electrons. The highest BCUT2D eigenvalue weighted by Gasteiger charge is 2.38. The largest absolute Gasteiger partial charge is 0.444 e. The van der Waals surface area contributed by atoms with Crippen LogP contribution >= 0.6 is 0 Å². The molecular formula is C18H37N3O2. The minimum Gasteiger partial charge on any atom is -0.444 e. The molecule has 1 rings (SSSR count). The van der Waals surface area contributed by atoms with E-state index in [0.29, 0.717) is 23.9 Å². The van der Waals surface area contributed by atoms with Gasteiger partial charge in [0.2, 0.25) is 0 Å². The first-order valence-electron chi connectivity index (χ1n) is 8.91. The summed E-state index contributed by atoms with van der Waals surface area (Å²) in [6.45, 7) is 12.6. The minimum atomic E-state index is -0.446. The molecule has 0 spiro atoms. The maximum Gasteiger partial charge on any atom is 0.407 e. The van der Waals surface area contributed by atoms with Gasteiger partial charge in [-0.25, -0.2) is 4.79 Å². The van der Waals surface area contributed by atoms with Gasteiger partial charge in [-0.15, -0.1) is 0 Å². The van der Waals surface area contributed by atoms with Gasteiger partial charge < -0.3 is 20.3 Å². The van der Waals surface area contributed by atoms with E-state index in [1.54, 1.807) is 0 Å². The number of amides is 1. The summed E-state index contributed by atoms with van der Waals surface area (Å²) in [5.41, 5.74) is -0.113. The van der Waals surface area contributed by atoms with Gasteiger partial charge in [0.15, 0.2) is 0 Å². The van der Waals surface area contributed by atoms with Gasteiger partial charge >= 0.3 is 6.09 Å². The van der Waals surface area contributed by atoms with E-state index in [0.717, 1.165) is 13.1 Å². The Bertz CT molecular complexity index is 371. The van der Waals surface area contributed by atoms with Crippen molar-refractivity contribution < 1.29 is 9.53 Å². The molecule has 0 radical (unpaired) electrons. The van der Waals surface area contributed by atoms with Crippen molar-refractivity contribution in [1.29, 1.82) is 0 Å². The van der Waals surface area contributed by atoms with Crippen LogP contribution in [0.5, 0.6) is 0 Å². The Balaban J connectivity index is 2.36. The van der Waals surface area contributed by atoms with Crippen molar-refractivity contribution in [1.82, 2.24) is 15.5 Å². The third-order valence-electron chi connectivity index (χ3n) is 4.94. The molecule has 0 aliphatic heterocycles. The molecule has 0 aromatic rings. The molecule has 23 heavy (non-hydrogen) atoms. The van der Waals surface area contributed by atoms with Crippen molar-refractivity contribution in [3.05, 3.63) is 0 Å². The van der Waals surface area contributed by atoms with E-state index in [2.05, 4.69) is 43.5 Å². The smallest absolute Gasteiger partial charge is 0.407 e. The van der Waals surface area contributed by atoms with Gasteiger partial charge in [-0.2, -0.15) is 0 Å². The third kappa shape index (κ3) is 6.68. The number of nitrogens with one attached hydrogen (secondary N) is 2. The zero-order valence-electron chi connectivity index (χ0n) is 16.2. The van der Waals surface area contributed by atoms with Crippen LogP contribution < -0.4 is 10.6 Å². The number of hydrogen-bond donors (Lipinski definition) is 2. The van der Waals surface area contributed by atoms with Crippen molar-refractivity contribution in [2.45, 2.75) is 65.0 Å². The maximum absolute atomic E-state index is 11.8. The van der Waals surface area contributed by atoms with Gasteiger partial charge in [-0.3, -0.25) is 0 Å². The van der Waals surface area contributed by atoms with Gasteiger partial charge in [0.25, 0.3) is 0 Å². The van der Waals surface area contributed by atoms with Crippen LogP contribution in [0.25, 0.3) is 0 Å². The van der Waals surface area contributed by atoms with E-state index in [1.165, 1.54) is 19.3 Å². The van der Waals surface area contributed by atoms with Crippen LogP contribution in [0.4, 0.5) is 4.79 Å².